The molecule has 1 saturated heterocycles. The third kappa shape index (κ3) is 2.88. The van der Waals surface area contributed by atoms with Gasteiger partial charge in [-0.05, 0) is 23.9 Å². The monoisotopic (exact) mass is 338 g/mol. The van der Waals surface area contributed by atoms with Gasteiger partial charge in [0.25, 0.3) is 5.91 Å². The van der Waals surface area contributed by atoms with Crippen LogP contribution in [0.25, 0.3) is 9.40 Å². The van der Waals surface area contributed by atoms with E-state index in [-0.39, 0.29) is 5.91 Å². The lowest BCUT2D eigenvalue weighted by Crippen LogP contribution is -2.53. The minimum atomic E-state index is -0.777. The van der Waals surface area contributed by atoms with Gasteiger partial charge in [0.1, 0.15) is 6.04 Å². The molecule has 0 radical (unpaired) electrons. The molecule has 1 unspecified atom stereocenters. The van der Waals surface area contributed by atoms with Crippen LogP contribution in [-0.2, 0) is 4.79 Å². The molecule has 1 N–H and O–H groups in total. The molecule has 7 heteroatoms. The second-order valence-corrected chi connectivity index (χ2v) is 7.38. The molecule has 2 aromatic heterocycles. The maximum Gasteiger partial charge on any atom is 0.320 e. The predicted octanol–water partition coefficient (Wildman–Crippen LogP) is 2.58. The molecule has 118 valence electrons. The van der Waals surface area contributed by atoms with Gasteiger partial charge < -0.3 is 10.0 Å². The molecule has 2 aromatic rings. The van der Waals surface area contributed by atoms with Crippen molar-refractivity contribution in [3.05, 3.63) is 22.4 Å². The fourth-order valence-corrected chi connectivity index (χ4v) is 4.93. The zero-order chi connectivity index (χ0) is 15.7. The van der Waals surface area contributed by atoms with Crippen LogP contribution in [0.5, 0.6) is 0 Å². The number of carboxylic acids is 1. The maximum absolute atomic E-state index is 12.6. The van der Waals surface area contributed by atoms with E-state index in [1.807, 2.05) is 34.2 Å². The summed E-state index contributed by atoms with van der Waals surface area (Å²) in [6.07, 6.45) is 0.588. The van der Waals surface area contributed by atoms with E-state index in [1.54, 1.807) is 11.3 Å². The fourth-order valence-electron chi connectivity index (χ4n) is 2.85. The molecule has 3 heterocycles. The molecule has 0 spiro atoms. The first-order valence-electron chi connectivity index (χ1n) is 7.33. The SMILES string of the molecule is CCC(C(=O)O)N1CCN(C(=O)c2cc3sccc3s2)CC1. The summed E-state index contributed by atoms with van der Waals surface area (Å²) in [6.45, 7) is 4.31. The normalized spacial score (nSPS) is 17.8. The highest BCUT2D eigenvalue weighted by Gasteiger charge is 2.29. The van der Waals surface area contributed by atoms with Crippen LogP contribution in [0.1, 0.15) is 23.0 Å². The first-order valence-corrected chi connectivity index (χ1v) is 9.03. The molecule has 1 amide bonds. The van der Waals surface area contributed by atoms with Crippen molar-refractivity contribution in [2.45, 2.75) is 19.4 Å². The Labute approximate surface area is 136 Å². The van der Waals surface area contributed by atoms with Gasteiger partial charge in [-0.1, -0.05) is 6.92 Å². The largest absolute Gasteiger partial charge is 0.480 e. The van der Waals surface area contributed by atoms with Gasteiger partial charge in [-0.2, -0.15) is 0 Å². The molecule has 0 bridgehead atoms. The van der Waals surface area contributed by atoms with Crippen LogP contribution in [0, 0.1) is 0 Å². The molecule has 0 aromatic carbocycles. The Hall–Kier alpha value is -1.44. The standard InChI is InChI=1S/C15H18N2O3S2/c1-2-10(15(19)20)16-4-6-17(7-5-16)14(18)13-9-12-11(22-13)3-8-21-12/h3,8-10H,2,4-7H2,1H3,(H,19,20). The molecule has 22 heavy (non-hydrogen) atoms. The molecule has 0 saturated carbocycles. The van der Waals surface area contributed by atoms with E-state index < -0.39 is 12.0 Å². The summed E-state index contributed by atoms with van der Waals surface area (Å²) >= 11 is 3.18. The van der Waals surface area contributed by atoms with E-state index in [0.717, 1.165) is 14.3 Å². The summed E-state index contributed by atoms with van der Waals surface area (Å²) in [5.41, 5.74) is 0. The number of nitrogens with zero attached hydrogens (tertiary/aromatic N) is 2. The first-order chi connectivity index (χ1) is 10.6. The minimum absolute atomic E-state index is 0.0661. The van der Waals surface area contributed by atoms with E-state index in [9.17, 15) is 14.7 Å². The average molecular weight is 338 g/mol. The topological polar surface area (TPSA) is 60.9 Å². The highest BCUT2D eigenvalue weighted by atomic mass is 32.1. The molecule has 1 atom stereocenters. The van der Waals surface area contributed by atoms with E-state index in [1.165, 1.54) is 11.3 Å². The van der Waals surface area contributed by atoms with Gasteiger partial charge in [-0.25, -0.2) is 0 Å². The number of aliphatic carboxylic acids is 1. The van der Waals surface area contributed by atoms with Gasteiger partial charge >= 0.3 is 5.97 Å². The van der Waals surface area contributed by atoms with Crippen molar-refractivity contribution in [3.63, 3.8) is 0 Å². The number of carbonyl (C=O) groups excluding carboxylic acids is 1. The smallest absolute Gasteiger partial charge is 0.320 e. The van der Waals surface area contributed by atoms with Crippen molar-refractivity contribution in [1.82, 2.24) is 9.80 Å². The molecule has 5 nitrogen and oxygen atoms in total. The Morgan fingerprint density at radius 2 is 2.00 bits per heavy atom. The number of rotatable bonds is 4. The first kappa shape index (κ1) is 15.5. The van der Waals surface area contributed by atoms with Gasteiger partial charge in [0.15, 0.2) is 0 Å². The molecule has 1 aliphatic heterocycles. The van der Waals surface area contributed by atoms with Gasteiger partial charge in [-0.15, -0.1) is 22.7 Å². The summed E-state index contributed by atoms with van der Waals surface area (Å²) in [6, 6.07) is 3.56. The number of piperazine rings is 1. The lowest BCUT2D eigenvalue weighted by Gasteiger charge is -2.37. The lowest BCUT2D eigenvalue weighted by atomic mass is 10.1. The molecular weight excluding hydrogens is 320 g/mol. The van der Waals surface area contributed by atoms with E-state index in [4.69, 9.17) is 0 Å². The van der Waals surface area contributed by atoms with Crippen LogP contribution in [-0.4, -0.2) is 59.0 Å². The summed E-state index contributed by atoms with van der Waals surface area (Å²) in [5.74, 6) is -0.711. The van der Waals surface area contributed by atoms with Crippen LogP contribution in [0.3, 0.4) is 0 Å². The number of hydrogen-bond donors (Lipinski definition) is 1. The van der Waals surface area contributed by atoms with Gasteiger partial charge in [-0.3, -0.25) is 14.5 Å². The number of hydrogen-bond acceptors (Lipinski definition) is 5. The molecule has 3 rings (SSSR count). The quantitative estimate of drug-likeness (QED) is 0.931. The lowest BCUT2D eigenvalue weighted by molar-refractivity contribution is -0.144. The summed E-state index contributed by atoms with van der Waals surface area (Å²) < 4.78 is 2.31. The van der Waals surface area contributed by atoms with E-state index in [2.05, 4.69) is 0 Å². The highest BCUT2D eigenvalue weighted by Crippen LogP contribution is 2.30. The third-order valence-electron chi connectivity index (χ3n) is 4.06. The zero-order valence-corrected chi connectivity index (χ0v) is 14.0. The van der Waals surface area contributed by atoms with Gasteiger partial charge in [0.05, 0.1) is 4.88 Å². The van der Waals surface area contributed by atoms with Crippen molar-refractivity contribution in [2.75, 3.05) is 26.2 Å². The maximum atomic E-state index is 12.6. The zero-order valence-electron chi connectivity index (χ0n) is 12.3. The van der Waals surface area contributed by atoms with E-state index >= 15 is 0 Å². The van der Waals surface area contributed by atoms with Crippen molar-refractivity contribution in [2.24, 2.45) is 0 Å². The summed E-state index contributed by atoms with van der Waals surface area (Å²) in [4.78, 5) is 28.3. The Balaban J connectivity index is 1.64. The third-order valence-corrected chi connectivity index (χ3v) is 6.15. The number of carbonyl (C=O) groups is 2. The fraction of sp³-hybridized carbons (Fsp3) is 0.467. The van der Waals surface area contributed by atoms with Crippen molar-refractivity contribution in [3.8, 4) is 0 Å². The molecule has 1 aliphatic rings. The molecule has 1 fully saturated rings. The second-order valence-electron chi connectivity index (χ2n) is 5.35. The van der Waals surface area contributed by atoms with Crippen LogP contribution in [0.2, 0.25) is 0 Å². The number of carboxylic acid groups (broad SMARTS) is 1. The molecule has 0 aliphatic carbocycles. The van der Waals surface area contributed by atoms with Crippen molar-refractivity contribution < 1.29 is 14.7 Å². The van der Waals surface area contributed by atoms with E-state index in [0.29, 0.717) is 32.6 Å². The average Bonchev–Trinajstić information content (AvgIpc) is 3.09. The Bertz CT molecular complexity index is 657. The number of amides is 1. The van der Waals surface area contributed by atoms with Crippen LogP contribution in [0.15, 0.2) is 17.5 Å². The Kier molecular flexibility index (Phi) is 4.46. The number of fused-ring (bicyclic) bond motifs is 1. The molecular formula is C15H18N2O3S2. The van der Waals surface area contributed by atoms with Crippen LogP contribution in [0.4, 0.5) is 0 Å². The van der Waals surface area contributed by atoms with Crippen LogP contribution < -0.4 is 0 Å². The predicted molar refractivity (Wildman–Crippen MR) is 88.9 cm³/mol. The van der Waals surface area contributed by atoms with Gasteiger partial charge in [0.2, 0.25) is 0 Å². The minimum Gasteiger partial charge on any atom is -0.480 e. The highest BCUT2D eigenvalue weighted by molar-refractivity contribution is 7.27. The van der Waals surface area contributed by atoms with Crippen molar-refractivity contribution in [1.29, 1.82) is 0 Å². The summed E-state index contributed by atoms with van der Waals surface area (Å²) in [7, 11) is 0. The summed E-state index contributed by atoms with van der Waals surface area (Å²) in [5, 5.41) is 11.2. The van der Waals surface area contributed by atoms with Gasteiger partial charge in [0, 0.05) is 35.6 Å². The Morgan fingerprint density at radius 1 is 1.27 bits per heavy atom. The number of thiophene rings is 2. The second kappa shape index (κ2) is 6.36. The Morgan fingerprint density at radius 3 is 2.59 bits per heavy atom. The van der Waals surface area contributed by atoms with Crippen LogP contribution >= 0.6 is 22.7 Å². The van der Waals surface area contributed by atoms with Crippen molar-refractivity contribution >= 4 is 43.9 Å².